The molecule has 110 valence electrons. The Morgan fingerprint density at radius 3 is 2.67 bits per heavy atom. The highest BCUT2D eigenvalue weighted by molar-refractivity contribution is 7.89. The van der Waals surface area contributed by atoms with Crippen molar-refractivity contribution in [2.24, 2.45) is 0 Å². The highest BCUT2D eigenvalue weighted by Gasteiger charge is 2.33. The van der Waals surface area contributed by atoms with Crippen LogP contribution < -0.4 is 5.32 Å². The number of nitrogens with one attached hydrogen (secondary N) is 1. The van der Waals surface area contributed by atoms with Gasteiger partial charge in [-0.25, -0.2) is 8.42 Å². The summed E-state index contributed by atoms with van der Waals surface area (Å²) in [5, 5.41) is 3.05. The quantitative estimate of drug-likeness (QED) is 0.757. The van der Waals surface area contributed by atoms with E-state index in [4.69, 9.17) is 4.74 Å². The maximum atomic E-state index is 12.1. The topological polar surface area (TPSA) is 58.6 Å². The van der Waals surface area contributed by atoms with Gasteiger partial charge >= 0.3 is 0 Å². The van der Waals surface area contributed by atoms with Crippen LogP contribution in [-0.2, 0) is 14.8 Å². The largest absolute Gasteiger partial charge is 0.378 e. The summed E-state index contributed by atoms with van der Waals surface area (Å²) in [6.07, 6.45) is 1.98. The van der Waals surface area contributed by atoms with Crippen LogP contribution in [0.25, 0.3) is 0 Å². The maximum absolute atomic E-state index is 12.1. The zero-order chi connectivity index (χ0) is 12.9. The minimum absolute atomic E-state index is 0. The van der Waals surface area contributed by atoms with E-state index in [1.807, 2.05) is 20.9 Å². The number of rotatable bonds is 7. The highest BCUT2D eigenvalue weighted by atomic mass is 35.5. The molecule has 0 spiro atoms. The lowest BCUT2D eigenvalue weighted by Crippen LogP contribution is -2.42. The summed E-state index contributed by atoms with van der Waals surface area (Å²) in [4.78, 5) is 0. The first kappa shape index (κ1) is 18.1. The summed E-state index contributed by atoms with van der Waals surface area (Å²) in [6, 6.07) is 0.115. The molecule has 1 heterocycles. The molecule has 7 heteroatoms. The van der Waals surface area contributed by atoms with Gasteiger partial charge in [0.1, 0.15) is 0 Å². The molecule has 0 amide bonds. The van der Waals surface area contributed by atoms with Crippen molar-refractivity contribution in [1.82, 2.24) is 9.62 Å². The number of hydrogen-bond donors (Lipinski definition) is 1. The van der Waals surface area contributed by atoms with E-state index in [2.05, 4.69) is 5.32 Å². The first-order valence-electron chi connectivity index (χ1n) is 6.23. The third kappa shape index (κ3) is 5.40. The number of ether oxygens (including phenoxy) is 1. The first-order valence-corrected chi connectivity index (χ1v) is 7.84. The number of hydrogen-bond acceptors (Lipinski definition) is 4. The molecule has 0 aromatic rings. The van der Waals surface area contributed by atoms with Crippen LogP contribution in [-0.4, -0.2) is 57.4 Å². The molecular weight excluding hydrogens is 276 g/mol. The summed E-state index contributed by atoms with van der Waals surface area (Å²) in [5.41, 5.74) is 0. The van der Waals surface area contributed by atoms with E-state index in [1.165, 1.54) is 0 Å². The van der Waals surface area contributed by atoms with Gasteiger partial charge in [-0.2, -0.15) is 4.31 Å². The lowest BCUT2D eigenvalue weighted by molar-refractivity contribution is 0.0906. The summed E-state index contributed by atoms with van der Waals surface area (Å²) in [5.74, 6) is 0.0887. The molecule has 1 N–H and O–H groups in total. The average Bonchev–Trinajstić information content (AvgIpc) is 2.66. The van der Waals surface area contributed by atoms with Crippen LogP contribution in [0.15, 0.2) is 0 Å². The Balaban J connectivity index is 0.00000289. The lowest BCUT2D eigenvalue weighted by atomic mass is 10.2. The number of likely N-dealkylation sites (N-methyl/N-ethyl adjacent to an activating group) is 1. The number of sulfonamides is 1. The van der Waals surface area contributed by atoms with Crippen molar-refractivity contribution in [3.63, 3.8) is 0 Å². The van der Waals surface area contributed by atoms with E-state index in [0.717, 1.165) is 19.4 Å². The third-order valence-electron chi connectivity index (χ3n) is 2.91. The van der Waals surface area contributed by atoms with Crippen LogP contribution in [0.5, 0.6) is 0 Å². The van der Waals surface area contributed by atoms with Gasteiger partial charge in [-0.15, -0.1) is 12.4 Å². The SMILES string of the molecule is CNCC1CCCN1S(=O)(=O)CCOC(C)C.Cl. The fraction of sp³-hybridized carbons (Fsp3) is 1.00. The van der Waals surface area contributed by atoms with Crippen LogP contribution >= 0.6 is 12.4 Å². The van der Waals surface area contributed by atoms with Crippen molar-refractivity contribution in [2.45, 2.75) is 38.8 Å². The monoisotopic (exact) mass is 300 g/mol. The zero-order valence-electron chi connectivity index (χ0n) is 11.4. The summed E-state index contributed by atoms with van der Waals surface area (Å²) >= 11 is 0. The van der Waals surface area contributed by atoms with E-state index in [-0.39, 0.29) is 36.9 Å². The lowest BCUT2D eigenvalue weighted by Gasteiger charge is -2.24. The van der Waals surface area contributed by atoms with E-state index in [1.54, 1.807) is 4.31 Å². The fourth-order valence-electron chi connectivity index (χ4n) is 2.12. The molecule has 0 aliphatic carbocycles. The summed E-state index contributed by atoms with van der Waals surface area (Å²) in [7, 11) is -1.31. The predicted octanol–water partition coefficient (Wildman–Crippen LogP) is 0.847. The second-order valence-electron chi connectivity index (χ2n) is 4.70. The minimum atomic E-state index is -3.16. The van der Waals surface area contributed by atoms with Crippen molar-refractivity contribution < 1.29 is 13.2 Å². The molecule has 1 saturated heterocycles. The Hall–Kier alpha value is 0.120. The number of halogens is 1. The molecule has 18 heavy (non-hydrogen) atoms. The van der Waals surface area contributed by atoms with Crippen LogP contribution in [0.1, 0.15) is 26.7 Å². The molecule has 5 nitrogen and oxygen atoms in total. The van der Waals surface area contributed by atoms with Crippen LogP contribution in [0.4, 0.5) is 0 Å². The normalized spacial score (nSPS) is 21.2. The predicted molar refractivity (Wildman–Crippen MR) is 75.8 cm³/mol. The Bertz CT molecular complexity index is 322. The van der Waals surface area contributed by atoms with Crippen molar-refractivity contribution in [3.05, 3.63) is 0 Å². The fourth-order valence-corrected chi connectivity index (χ4v) is 3.70. The second-order valence-corrected chi connectivity index (χ2v) is 6.74. The van der Waals surface area contributed by atoms with Crippen molar-refractivity contribution in [2.75, 3.05) is 32.5 Å². The molecule has 0 saturated carbocycles. The van der Waals surface area contributed by atoms with Gasteiger partial charge in [-0.1, -0.05) is 0 Å². The first-order chi connectivity index (χ1) is 7.97. The van der Waals surface area contributed by atoms with Gasteiger partial charge in [0.15, 0.2) is 0 Å². The molecule has 1 aliphatic heterocycles. The van der Waals surface area contributed by atoms with E-state index in [9.17, 15) is 8.42 Å². The average molecular weight is 301 g/mol. The van der Waals surface area contributed by atoms with Gasteiger partial charge < -0.3 is 10.1 Å². The van der Waals surface area contributed by atoms with Gasteiger partial charge in [0.05, 0.1) is 18.5 Å². The maximum Gasteiger partial charge on any atom is 0.216 e. The molecule has 0 bridgehead atoms. The van der Waals surface area contributed by atoms with Gasteiger partial charge in [0.25, 0.3) is 0 Å². The third-order valence-corrected chi connectivity index (χ3v) is 4.79. The zero-order valence-corrected chi connectivity index (χ0v) is 13.0. The molecule has 0 aromatic heterocycles. The minimum Gasteiger partial charge on any atom is -0.378 e. The Morgan fingerprint density at radius 2 is 2.11 bits per heavy atom. The summed E-state index contributed by atoms with van der Waals surface area (Å²) in [6.45, 7) is 5.47. The Labute approximate surface area is 117 Å². The summed E-state index contributed by atoms with van der Waals surface area (Å²) < 4.78 is 31.2. The van der Waals surface area contributed by atoms with Crippen LogP contribution in [0.3, 0.4) is 0 Å². The highest BCUT2D eigenvalue weighted by Crippen LogP contribution is 2.20. The van der Waals surface area contributed by atoms with Crippen molar-refractivity contribution in [3.8, 4) is 0 Å². The van der Waals surface area contributed by atoms with Gasteiger partial charge in [0.2, 0.25) is 10.0 Å². The molecule has 0 radical (unpaired) electrons. The van der Waals surface area contributed by atoms with E-state index in [0.29, 0.717) is 6.54 Å². The molecule has 1 unspecified atom stereocenters. The smallest absolute Gasteiger partial charge is 0.216 e. The van der Waals surface area contributed by atoms with Crippen molar-refractivity contribution >= 4 is 22.4 Å². The molecule has 1 fully saturated rings. The second kappa shape index (κ2) is 8.32. The molecule has 1 aliphatic rings. The molecule has 1 atom stereocenters. The van der Waals surface area contributed by atoms with E-state index >= 15 is 0 Å². The molecule has 1 rings (SSSR count). The molecule has 0 aromatic carbocycles. The van der Waals surface area contributed by atoms with E-state index < -0.39 is 10.0 Å². The standard InChI is InChI=1S/C11H24N2O3S.ClH/c1-10(2)16-7-8-17(14,15)13-6-4-5-11(13)9-12-3;/h10-12H,4-9H2,1-3H3;1H. The number of nitrogens with zero attached hydrogens (tertiary/aromatic N) is 1. The van der Waals surface area contributed by atoms with Crippen LogP contribution in [0.2, 0.25) is 0 Å². The van der Waals surface area contributed by atoms with Gasteiger partial charge in [-0.05, 0) is 33.7 Å². The van der Waals surface area contributed by atoms with Gasteiger partial charge in [-0.3, -0.25) is 0 Å². The molecular formula is C11H25ClN2O3S. The Morgan fingerprint density at radius 1 is 1.44 bits per heavy atom. The van der Waals surface area contributed by atoms with Crippen molar-refractivity contribution in [1.29, 1.82) is 0 Å². The van der Waals surface area contributed by atoms with Crippen LogP contribution in [0, 0.1) is 0 Å². The van der Waals surface area contributed by atoms with Gasteiger partial charge in [0, 0.05) is 19.1 Å². The Kier molecular flexibility index (Phi) is 8.38.